The van der Waals surface area contributed by atoms with Gasteiger partial charge in [0, 0.05) is 12.6 Å². The Morgan fingerprint density at radius 2 is 1.93 bits per heavy atom. The predicted molar refractivity (Wildman–Crippen MR) is 108 cm³/mol. The second-order valence-electron chi connectivity index (χ2n) is 6.98. The van der Waals surface area contributed by atoms with Gasteiger partial charge in [-0.15, -0.1) is 17.5 Å². The fourth-order valence-electron chi connectivity index (χ4n) is 3.36. The Balaban J connectivity index is 0.00000210. The lowest BCUT2D eigenvalue weighted by Crippen LogP contribution is -2.33. The van der Waals surface area contributed by atoms with Crippen LogP contribution in [-0.2, 0) is 6.54 Å². The molecular formula is C18H22Cl3N5O. The van der Waals surface area contributed by atoms with Crippen molar-refractivity contribution in [2.24, 2.45) is 0 Å². The quantitative estimate of drug-likeness (QED) is 0.785. The normalized spacial score (nSPS) is 17.4. The molecule has 1 aromatic carbocycles. The highest BCUT2D eigenvalue weighted by Crippen LogP contribution is 2.31. The van der Waals surface area contributed by atoms with Gasteiger partial charge in [-0.1, -0.05) is 34.5 Å². The summed E-state index contributed by atoms with van der Waals surface area (Å²) < 4.78 is 1.85. The molecule has 0 atom stereocenters. The summed E-state index contributed by atoms with van der Waals surface area (Å²) in [5, 5.41) is 12.7. The number of carbonyl (C=O) groups excluding carboxylic acids is 1. The molecule has 146 valence electrons. The molecule has 27 heavy (non-hydrogen) atoms. The molecule has 6 nitrogen and oxygen atoms in total. The number of aromatic nitrogens is 3. The summed E-state index contributed by atoms with van der Waals surface area (Å²) in [6.45, 7) is 2.44. The van der Waals surface area contributed by atoms with Crippen LogP contribution >= 0.6 is 35.6 Å². The summed E-state index contributed by atoms with van der Waals surface area (Å²) in [7, 11) is 0. The van der Waals surface area contributed by atoms with Crippen LogP contribution < -0.4 is 5.32 Å². The van der Waals surface area contributed by atoms with E-state index < -0.39 is 0 Å². The van der Waals surface area contributed by atoms with Crippen LogP contribution in [0.25, 0.3) is 0 Å². The van der Waals surface area contributed by atoms with Crippen molar-refractivity contribution in [3.8, 4) is 0 Å². The third-order valence-corrected chi connectivity index (χ3v) is 5.74. The molecule has 0 unspecified atom stereocenters. The van der Waals surface area contributed by atoms with E-state index in [1.54, 1.807) is 12.3 Å². The van der Waals surface area contributed by atoms with E-state index >= 15 is 0 Å². The van der Waals surface area contributed by atoms with Crippen molar-refractivity contribution < 1.29 is 4.79 Å². The third-order valence-electron chi connectivity index (χ3n) is 5.00. The fraction of sp³-hybridized carbons (Fsp3) is 0.500. The standard InChI is InChI=1S/C18H21Cl2N5O.ClH/c19-15-4-1-12(9-16(15)20)10-24(13-2-3-13)18(26)17-11-25(23-22-17)14-5-7-21-8-6-14;/h1,4,9,11,13-14,21H,2-3,5-8,10H2;1H. The van der Waals surface area contributed by atoms with E-state index in [4.69, 9.17) is 23.2 Å². The van der Waals surface area contributed by atoms with Crippen LogP contribution in [0.4, 0.5) is 0 Å². The summed E-state index contributed by atoms with van der Waals surface area (Å²) >= 11 is 12.1. The molecule has 2 aromatic rings. The molecule has 2 aliphatic rings. The number of amides is 1. The number of nitrogens with zero attached hydrogens (tertiary/aromatic N) is 4. The Morgan fingerprint density at radius 3 is 2.59 bits per heavy atom. The number of nitrogens with one attached hydrogen (secondary N) is 1. The monoisotopic (exact) mass is 429 g/mol. The molecule has 1 aliphatic carbocycles. The van der Waals surface area contributed by atoms with Crippen LogP contribution in [0.2, 0.25) is 10.0 Å². The Kier molecular flexibility index (Phi) is 6.63. The van der Waals surface area contributed by atoms with Crippen molar-refractivity contribution in [1.29, 1.82) is 0 Å². The van der Waals surface area contributed by atoms with Crippen molar-refractivity contribution in [3.05, 3.63) is 45.7 Å². The van der Waals surface area contributed by atoms with Gasteiger partial charge < -0.3 is 10.2 Å². The van der Waals surface area contributed by atoms with Gasteiger partial charge in [0.15, 0.2) is 5.69 Å². The zero-order chi connectivity index (χ0) is 18.1. The predicted octanol–water partition coefficient (Wildman–Crippen LogP) is 3.74. The van der Waals surface area contributed by atoms with Crippen molar-refractivity contribution >= 4 is 41.5 Å². The molecule has 1 N–H and O–H groups in total. The smallest absolute Gasteiger partial charge is 0.276 e. The van der Waals surface area contributed by atoms with Gasteiger partial charge in [0.25, 0.3) is 5.91 Å². The van der Waals surface area contributed by atoms with Crippen molar-refractivity contribution in [2.75, 3.05) is 13.1 Å². The highest BCUT2D eigenvalue weighted by Gasteiger charge is 2.34. The zero-order valence-electron chi connectivity index (χ0n) is 14.8. The lowest BCUT2D eigenvalue weighted by Gasteiger charge is -2.22. The first-order valence-electron chi connectivity index (χ1n) is 8.99. The SMILES string of the molecule is Cl.O=C(c1cn(C2CCNCC2)nn1)N(Cc1ccc(Cl)c(Cl)c1)C1CC1. The molecular weight excluding hydrogens is 409 g/mol. The number of rotatable bonds is 5. The van der Waals surface area contributed by atoms with E-state index in [-0.39, 0.29) is 24.4 Å². The second-order valence-corrected chi connectivity index (χ2v) is 7.79. The van der Waals surface area contributed by atoms with Crippen LogP contribution in [-0.4, -0.2) is 44.9 Å². The van der Waals surface area contributed by atoms with Crippen molar-refractivity contribution in [3.63, 3.8) is 0 Å². The van der Waals surface area contributed by atoms with Crippen LogP contribution in [0.15, 0.2) is 24.4 Å². The Morgan fingerprint density at radius 1 is 1.19 bits per heavy atom. The molecule has 2 fully saturated rings. The van der Waals surface area contributed by atoms with Crippen LogP contribution in [0.1, 0.15) is 47.8 Å². The highest BCUT2D eigenvalue weighted by molar-refractivity contribution is 6.42. The van der Waals surface area contributed by atoms with Gasteiger partial charge in [-0.25, -0.2) is 4.68 Å². The number of benzene rings is 1. The molecule has 1 amide bonds. The Labute approximate surface area is 174 Å². The highest BCUT2D eigenvalue weighted by atomic mass is 35.5. The first-order chi connectivity index (χ1) is 12.6. The van der Waals surface area contributed by atoms with E-state index in [1.165, 1.54) is 0 Å². The minimum absolute atomic E-state index is 0. The van der Waals surface area contributed by atoms with E-state index in [2.05, 4.69) is 15.6 Å². The minimum Gasteiger partial charge on any atom is -0.330 e. The summed E-state index contributed by atoms with van der Waals surface area (Å²) in [5.41, 5.74) is 1.38. The molecule has 9 heteroatoms. The fourth-order valence-corrected chi connectivity index (χ4v) is 3.68. The summed E-state index contributed by atoms with van der Waals surface area (Å²) in [6, 6.07) is 6.07. The second kappa shape index (κ2) is 8.78. The van der Waals surface area contributed by atoms with Gasteiger partial charge in [-0.3, -0.25) is 4.79 Å². The maximum Gasteiger partial charge on any atom is 0.276 e. The zero-order valence-corrected chi connectivity index (χ0v) is 17.1. The Hall–Kier alpha value is -1.34. The van der Waals surface area contributed by atoms with Crippen molar-refractivity contribution in [1.82, 2.24) is 25.2 Å². The van der Waals surface area contributed by atoms with E-state index in [0.29, 0.717) is 28.3 Å². The average molecular weight is 431 g/mol. The first kappa shape index (κ1) is 20.4. The minimum atomic E-state index is -0.0706. The summed E-state index contributed by atoms with van der Waals surface area (Å²) in [5.74, 6) is -0.0706. The van der Waals surface area contributed by atoms with E-state index in [9.17, 15) is 4.79 Å². The van der Waals surface area contributed by atoms with Crippen LogP contribution in [0.3, 0.4) is 0 Å². The molecule has 1 saturated heterocycles. The maximum atomic E-state index is 13.0. The number of hydrogen-bond acceptors (Lipinski definition) is 4. The molecule has 4 rings (SSSR count). The molecule has 1 aromatic heterocycles. The molecule has 2 heterocycles. The van der Waals surface area contributed by atoms with E-state index in [0.717, 1.165) is 44.3 Å². The third kappa shape index (κ3) is 4.74. The van der Waals surface area contributed by atoms with Gasteiger partial charge in [0.2, 0.25) is 0 Å². The van der Waals surface area contributed by atoms with Gasteiger partial charge >= 0.3 is 0 Å². The molecule has 0 spiro atoms. The summed E-state index contributed by atoms with van der Waals surface area (Å²) in [6.07, 6.45) is 5.85. The average Bonchev–Trinajstić information content (AvgIpc) is 3.38. The number of hydrogen-bond donors (Lipinski definition) is 1. The number of piperidine rings is 1. The van der Waals surface area contributed by atoms with Gasteiger partial charge in [-0.2, -0.15) is 0 Å². The number of carbonyl (C=O) groups is 1. The number of halogens is 3. The van der Waals surface area contributed by atoms with E-state index in [1.807, 2.05) is 21.7 Å². The molecule has 0 bridgehead atoms. The molecule has 0 radical (unpaired) electrons. The lowest BCUT2D eigenvalue weighted by atomic mass is 10.1. The van der Waals surface area contributed by atoms with Gasteiger partial charge in [0.1, 0.15) is 0 Å². The molecule has 1 aliphatic heterocycles. The maximum absolute atomic E-state index is 13.0. The van der Waals surface area contributed by atoms with Gasteiger partial charge in [-0.05, 0) is 56.5 Å². The van der Waals surface area contributed by atoms with Crippen LogP contribution in [0.5, 0.6) is 0 Å². The largest absolute Gasteiger partial charge is 0.330 e. The van der Waals surface area contributed by atoms with Gasteiger partial charge in [0.05, 0.1) is 22.3 Å². The van der Waals surface area contributed by atoms with Crippen molar-refractivity contribution in [2.45, 2.75) is 44.3 Å². The Bertz CT molecular complexity index is 802. The first-order valence-corrected chi connectivity index (χ1v) is 9.75. The van der Waals surface area contributed by atoms with Crippen LogP contribution in [0, 0.1) is 0 Å². The summed E-state index contributed by atoms with van der Waals surface area (Å²) in [4.78, 5) is 14.9. The topological polar surface area (TPSA) is 63.1 Å². The molecule has 1 saturated carbocycles. The lowest BCUT2D eigenvalue weighted by molar-refractivity contribution is 0.0723.